The Hall–Kier alpha value is -1.10. The van der Waals surface area contributed by atoms with Gasteiger partial charge in [-0.25, -0.2) is 0 Å². The molecule has 0 aromatic rings. The number of carbonyl (C=O) groups excluding carboxylic acids is 2. The molecule has 106 valence electrons. The van der Waals surface area contributed by atoms with Crippen LogP contribution in [0.4, 0.5) is 0 Å². The van der Waals surface area contributed by atoms with Crippen LogP contribution in [0.2, 0.25) is 0 Å². The van der Waals surface area contributed by atoms with Gasteiger partial charge >= 0.3 is 0 Å². The number of nitrogens with one attached hydrogen (secondary N) is 2. The van der Waals surface area contributed by atoms with Gasteiger partial charge in [0.15, 0.2) is 0 Å². The Balaban J connectivity index is 1.67. The van der Waals surface area contributed by atoms with E-state index in [0.29, 0.717) is 6.04 Å². The molecule has 2 unspecified atom stereocenters. The van der Waals surface area contributed by atoms with Crippen LogP contribution in [-0.2, 0) is 9.59 Å². The summed E-state index contributed by atoms with van der Waals surface area (Å²) < 4.78 is 0. The lowest BCUT2D eigenvalue weighted by atomic mass is 9.98. The summed E-state index contributed by atoms with van der Waals surface area (Å²) in [6.07, 6.45) is 5.83. The Morgan fingerprint density at radius 2 is 2.05 bits per heavy atom. The van der Waals surface area contributed by atoms with E-state index in [9.17, 15) is 9.59 Å². The van der Waals surface area contributed by atoms with Crippen LogP contribution in [-0.4, -0.2) is 47.4 Å². The fourth-order valence-corrected chi connectivity index (χ4v) is 3.20. The highest BCUT2D eigenvalue weighted by Crippen LogP contribution is 2.27. The number of likely N-dealkylation sites (tertiary alicyclic amines) is 1. The van der Waals surface area contributed by atoms with Crippen molar-refractivity contribution >= 4 is 11.8 Å². The highest BCUT2D eigenvalue weighted by atomic mass is 16.2. The summed E-state index contributed by atoms with van der Waals surface area (Å²) in [5.74, 6) is 0.161. The minimum absolute atomic E-state index is 0.0509. The van der Waals surface area contributed by atoms with Gasteiger partial charge in [0.05, 0.1) is 5.54 Å². The van der Waals surface area contributed by atoms with Gasteiger partial charge in [0, 0.05) is 12.6 Å². The largest absolute Gasteiger partial charge is 0.352 e. The topological polar surface area (TPSA) is 61.4 Å². The molecule has 3 rings (SSSR count). The van der Waals surface area contributed by atoms with Gasteiger partial charge in [-0.3, -0.25) is 9.59 Å². The molecule has 0 spiro atoms. The average Bonchev–Trinajstić information content (AvgIpc) is 2.92. The van der Waals surface area contributed by atoms with Crippen molar-refractivity contribution in [3.05, 3.63) is 0 Å². The van der Waals surface area contributed by atoms with Crippen molar-refractivity contribution in [2.45, 2.75) is 63.1 Å². The first kappa shape index (κ1) is 12.9. The molecule has 1 saturated carbocycles. The molecule has 5 nitrogen and oxygen atoms in total. The lowest BCUT2D eigenvalue weighted by molar-refractivity contribution is -0.142. The minimum Gasteiger partial charge on any atom is -0.352 e. The second-order valence-electron chi connectivity index (χ2n) is 6.30. The van der Waals surface area contributed by atoms with E-state index in [0.717, 1.165) is 51.6 Å². The molecule has 3 fully saturated rings. The van der Waals surface area contributed by atoms with E-state index in [-0.39, 0.29) is 17.9 Å². The zero-order valence-corrected chi connectivity index (χ0v) is 11.6. The first-order valence-corrected chi connectivity index (χ1v) is 7.47. The van der Waals surface area contributed by atoms with Crippen LogP contribution in [0.1, 0.15) is 45.4 Å². The van der Waals surface area contributed by atoms with Gasteiger partial charge < -0.3 is 15.5 Å². The number of hydrogen-bond donors (Lipinski definition) is 2. The number of amides is 2. The van der Waals surface area contributed by atoms with Crippen LogP contribution in [0.3, 0.4) is 0 Å². The third-order valence-corrected chi connectivity index (χ3v) is 4.58. The predicted octanol–water partition coefficient (Wildman–Crippen LogP) is 0.398. The van der Waals surface area contributed by atoms with E-state index < -0.39 is 5.54 Å². The maximum Gasteiger partial charge on any atom is 0.243 e. The molecule has 2 saturated heterocycles. The molecule has 19 heavy (non-hydrogen) atoms. The van der Waals surface area contributed by atoms with E-state index in [4.69, 9.17) is 0 Å². The molecule has 2 heterocycles. The summed E-state index contributed by atoms with van der Waals surface area (Å²) in [4.78, 5) is 26.7. The van der Waals surface area contributed by atoms with Crippen LogP contribution < -0.4 is 10.6 Å². The van der Waals surface area contributed by atoms with Gasteiger partial charge in [-0.15, -0.1) is 0 Å². The molecule has 0 bridgehead atoms. The first-order valence-electron chi connectivity index (χ1n) is 7.47. The zero-order valence-electron chi connectivity index (χ0n) is 11.6. The van der Waals surface area contributed by atoms with Crippen molar-refractivity contribution in [1.29, 1.82) is 0 Å². The summed E-state index contributed by atoms with van der Waals surface area (Å²) in [6.45, 7) is 3.59. The Kier molecular flexibility index (Phi) is 3.25. The van der Waals surface area contributed by atoms with Crippen LogP contribution in [0.15, 0.2) is 0 Å². The van der Waals surface area contributed by atoms with Crippen LogP contribution >= 0.6 is 0 Å². The first-order chi connectivity index (χ1) is 9.10. The highest BCUT2D eigenvalue weighted by molar-refractivity contribution is 5.92. The maximum absolute atomic E-state index is 12.7. The highest BCUT2D eigenvalue weighted by Gasteiger charge is 2.44. The molecule has 2 atom stereocenters. The molecule has 0 radical (unpaired) electrons. The van der Waals surface area contributed by atoms with Crippen LogP contribution in [0.5, 0.6) is 0 Å². The summed E-state index contributed by atoms with van der Waals surface area (Å²) in [5.41, 5.74) is -0.456. The quantitative estimate of drug-likeness (QED) is 0.776. The maximum atomic E-state index is 12.7. The van der Waals surface area contributed by atoms with Crippen LogP contribution in [0, 0.1) is 0 Å². The Bertz CT molecular complexity index is 386. The lowest BCUT2D eigenvalue weighted by Crippen LogP contribution is -2.56. The summed E-state index contributed by atoms with van der Waals surface area (Å²) >= 11 is 0. The average molecular weight is 265 g/mol. The number of nitrogens with zero attached hydrogens (tertiary/aromatic N) is 1. The molecule has 5 heteroatoms. The number of hydrogen-bond acceptors (Lipinski definition) is 3. The van der Waals surface area contributed by atoms with Crippen molar-refractivity contribution < 1.29 is 9.59 Å². The Morgan fingerprint density at radius 1 is 1.26 bits per heavy atom. The number of rotatable bonds is 3. The molecule has 2 aliphatic heterocycles. The SMILES string of the molecule is CC1(C(=O)N2CCCC2C(=O)NC2CC2)CCCN1. The van der Waals surface area contributed by atoms with Crippen molar-refractivity contribution in [2.75, 3.05) is 13.1 Å². The lowest BCUT2D eigenvalue weighted by Gasteiger charge is -2.32. The molecular weight excluding hydrogens is 242 g/mol. The molecule has 0 aromatic heterocycles. The van der Waals surface area contributed by atoms with E-state index in [1.807, 2.05) is 6.92 Å². The summed E-state index contributed by atoms with van der Waals surface area (Å²) in [6, 6.07) is 0.123. The second-order valence-corrected chi connectivity index (χ2v) is 6.30. The van der Waals surface area contributed by atoms with Gasteiger partial charge in [0.2, 0.25) is 11.8 Å². The minimum atomic E-state index is -0.456. The van der Waals surface area contributed by atoms with Gasteiger partial charge in [-0.05, 0) is 52.0 Å². The van der Waals surface area contributed by atoms with Gasteiger partial charge in [-0.2, -0.15) is 0 Å². The summed E-state index contributed by atoms with van der Waals surface area (Å²) in [7, 11) is 0. The van der Waals surface area contributed by atoms with Gasteiger partial charge in [-0.1, -0.05) is 0 Å². The molecule has 2 amide bonds. The van der Waals surface area contributed by atoms with Crippen LogP contribution in [0.25, 0.3) is 0 Å². The molecule has 2 N–H and O–H groups in total. The van der Waals surface area contributed by atoms with E-state index in [1.165, 1.54) is 0 Å². The predicted molar refractivity (Wildman–Crippen MR) is 71.5 cm³/mol. The third kappa shape index (κ3) is 2.48. The molecular formula is C14H23N3O2. The fourth-order valence-electron chi connectivity index (χ4n) is 3.20. The molecule has 0 aromatic carbocycles. The monoisotopic (exact) mass is 265 g/mol. The zero-order chi connectivity index (χ0) is 13.5. The fraction of sp³-hybridized carbons (Fsp3) is 0.857. The van der Waals surface area contributed by atoms with Crippen molar-refractivity contribution in [2.24, 2.45) is 0 Å². The Morgan fingerprint density at radius 3 is 2.68 bits per heavy atom. The van der Waals surface area contributed by atoms with Crippen molar-refractivity contribution in [3.8, 4) is 0 Å². The number of carbonyl (C=O) groups is 2. The van der Waals surface area contributed by atoms with Gasteiger partial charge in [0.1, 0.15) is 6.04 Å². The smallest absolute Gasteiger partial charge is 0.243 e. The van der Waals surface area contributed by atoms with Crippen molar-refractivity contribution in [1.82, 2.24) is 15.5 Å². The van der Waals surface area contributed by atoms with E-state index >= 15 is 0 Å². The summed E-state index contributed by atoms with van der Waals surface area (Å²) in [5, 5.41) is 6.33. The molecule has 1 aliphatic carbocycles. The Labute approximate surface area is 114 Å². The van der Waals surface area contributed by atoms with E-state index in [1.54, 1.807) is 4.90 Å². The van der Waals surface area contributed by atoms with Gasteiger partial charge in [0.25, 0.3) is 0 Å². The molecule has 3 aliphatic rings. The normalized spacial score (nSPS) is 34.6. The third-order valence-electron chi connectivity index (χ3n) is 4.58. The van der Waals surface area contributed by atoms with E-state index in [2.05, 4.69) is 10.6 Å². The second kappa shape index (κ2) is 4.78. The standard InChI is InChI=1S/C14H23N3O2/c1-14(7-3-8-15-14)13(19)17-9-2-4-11(17)12(18)16-10-5-6-10/h10-11,15H,2-9H2,1H3,(H,16,18). The van der Waals surface area contributed by atoms with Crippen molar-refractivity contribution in [3.63, 3.8) is 0 Å².